The largest absolute Gasteiger partial charge is 0.325 e. The van der Waals surface area contributed by atoms with Gasteiger partial charge in [-0.05, 0) is 49.4 Å². The highest BCUT2D eigenvalue weighted by molar-refractivity contribution is 7.90. The molecule has 0 aliphatic heterocycles. The molecular weight excluding hydrogens is 489 g/mol. The molecule has 13 heteroatoms. The molecule has 0 saturated heterocycles. The van der Waals surface area contributed by atoms with Crippen LogP contribution in [0.3, 0.4) is 0 Å². The summed E-state index contributed by atoms with van der Waals surface area (Å²) in [4.78, 5) is 33.8. The van der Waals surface area contributed by atoms with Crippen molar-refractivity contribution in [2.24, 2.45) is 0 Å². The van der Waals surface area contributed by atoms with Crippen molar-refractivity contribution in [3.8, 4) is 0 Å². The first-order chi connectivity index (χ1) is 15.6. The summed E-state index contributed by atoms with van der Waals surface area (Å²) in [5.74, 6) is -0.879. The highest BCUT2D eigenvalue weighted by atomic mass is 32.2. The number of amides is 3. The fourth-order valence-corrected chi connectivity index (χ4v) is 5.27. The average Bonchev–Trinajstić information content (AvgIpc) is 3.30. The van der Waals surface area contributed by atoms with Gasteiger partial charge >= 0.3 is 6.03 Å². The van der Waals surface area contributed by atoms with E-state index in [-0.39, 0.29) is 14.9 Å². The van der Waals surface area contributed by atoms with Crippen LogP contribution in [0.15, 0.2) is 47.4 Å². The van der Waals surface area contributed by atoms with Gasteiger partial charge in [-0.15, -0.1) is 0 Å². The number of anilines is 3. The summed E-state index contributed by atoms with van der Waals surface area (Å²) in [5.41, 5.74) is 1.37. The van der Waals surface area contributed by atoms with E-state index in [1.807, 2.05) is 0 Å². The van der Waals surface area contributed by atoms with Crippen LogP contribution < -0.4 is 16.0 Å². The molecule has 2 aromatic heterocycles. The molecule has 0 spiro atoms. The predicted octanol–water partition coefficient (Wildman–Crippen LogP) is 4.50. The van der Waals surface area contributed by atoms with Gasteiger partial charge in [0.05, 0.1) is 20.8 Å². The third-order valence-corrected chi connectivity index (χ3v) is 7.45. The minimum atomic E-state index is -3.36. The molecule has 0 aliphatic rings. The van der Waals surface area contributed by atoms with E-state index in [1.54, 1.807) is 13.0 Å². The lowest BCUT2D eigenvalue weighted by atomic mass is 10.3. The van der Waals surface area contributed by atoms with Gasteiger partial charge in [-0.2, -0.15) is 0 Å². The van der Waals surface area contributed by atoms with Crippen LogP contribution in [-0.2, 0) is 9.84 Å². The molecule has 0 fully saturated rings. The van der Waals surface area contributed by atoms with Crippen LogP contribution in [0.1, 0.15) is 15.4 Å². The number of fused-ring (bicyclic) bond motifs is 1. The quantitative estimate of drug-likeness (QED) is 0.366. The van der Waals surface area contributed by atoms with Crippen molar-refractivity contribution in [3.05, 3.63) is 58.9 Å². The highest BCUT2D eigenvalue weighted by Crippen LogP contribution is 2.30. The van der Waals surface area contributed by atoms with Gasteiger partial charge in [0.2, 0.25) is 0 Å². The Hall–Kier alpha value is -3.42. The van der Waals surface area contributed by atoms with Crippen LogP contribution in [0.2, 0.25) is 0 Å². The van der Waals surface area contributed by atoms with Crippen LogP contribution in [0, 0.1) is 12.7 Å². The van der Waals surface area contributed by atoms with Gasteiger partial charge in [-0.3, -0.25) is 15.4 Å². The Morgan fingerprint density at radius 1 is 0.939 bits per heavy atom. The smallest absolute Gasteiger partial charge is 0.308 e. The number of halogens is 1. The SMILES string of the molecule is Cc1nc(NC(=O)Nc2ccc(F)cc2)sc1C(=O)Nc1nc2ccc(S(C)(=O)=O)cc2s1. The number of carbonyl (C=O) groups excluding carboxylic acids is 2. The van der Waals surface area contributed by atoms with Crippen LogP contribution >= 0.6 is 22.7 Å². The van der Waals surface area contributed by atoms with E-state index in [4.69, 9.17) is 0 Å². The summed E-state index contributed by atoms with van der Waals surface area (Å²) in [6.07, 6.45) is 1.12. The van der Waals surface area contributed by atoms with Crippen molar-refractivity contribution < 1.29 is 22.4 Å². The summed E-state index contributed by atoms with van der Waals surface area (Å²) < 4.78 is 37.1. The summed E-state index contributed by atoms with van der Waals surface area (Å²) in [6.45, 7) is 1.63. The third kappa shape index (κ3) is 5.32. The fourth-order valence-electron chi connectivity index (χ4n) is 2.80. The maximum absolute atomic E-state index is 13.0. The molecule has 170 valence electrons. The average molecular weight is 506 g/mol. The maximum atomic E-state index is 13.0. The molecule has 2 heterocycles. The lowest BCUT2D eigenvalue weighted by Crippen LogP contribution is -2.19. The minimum Gasteiger partial charge on any atom is -0.308 e. The van der Waals surface area contributed by atoms with Crippen molar-refractivity contribution in [2.75, 3.05) is 22.2 Å². The number of aromatic nitrogens is 2. The van der Waals surface area contributed by atoms with Gasteiger partial charge in [0, 0.05) is 11.9 Å². The number of urea groups is 1. The molecule has 0 bridgehead atoms. The van der Waals surface area contributed by atoms with E-state index in [0.717, 1.165) is 28.9 Å². The summed E-state index contributed by atoms with van der Waals surface area (Å²) >= 11 is 2.13. The van der Waals surface area contributed by atoms with E-state index in [1.165, 1.54) is 36.4 Å². The number of aryl methyl sites for hydroxylation is 1. The zero-order valence-corrected chi connectivity index (χ0v) is 19.6. The number of thiazole rings is 2. The Balaban J connectivity index is 1.45. The Morgan fingerprint density at radius 2 is 1.64 bits per heavy atom. The number of nitrogens with one attached hydrogen (secondary N) is 3. The molecule has 4 rings (SSSR count). The molecule has 0 atom stereocenters. The summed E-state index contributed by atoms with van der Waals surface area (Å²) in [6, 6.07) is 9.23. The lowest BCUT2D eigenvalue weighted by Gasteiger charge is -2.04. The van der Waals surface area contributed by atoms with Crippen molar-refractivity contribution in [3.63, 3.8) is 0 Å². The van der Waals surface area contributed by atoms with Gasteiger partial charge in [-0.1, -0.05) is 22.7 Å². The predicted molar refractivity (Wildman–Crippen MR) is 127 cm³/mol. The van der Waals surface area contributed by atoms with Gasteiger partial charge in [0.15, 0.2) is 20.1 Å². The fraction of sp³-hybridized carbons (Fsp3) is 0.100. The standard InChI is InChI=1S/C20H16FN5O4S3/c1-10-16(32-19(22-10)26-18(28)23-12-5-3-11(21)4-6-12)17(27)25-20-24-14-8-7-13(33(2,29)30)9-15(14)31-20/h3-9H,1-2H3,(H,24,25,27)(H2,22,23,26,28). The molecule has 3 N–H and O–H groups in total. The van der Waals surface area contributed by atoms with Crippen molar-refractivity contribution in [1.29, 1.82) is 0 Å². The van der Waals surface area contributed by atoms with E-state index < -0.39 is 27.6 Å². The molecule has 0 radical (unpaired) electrons. The number of hydrogen-bond donors (Lipinski definition) is 3. The number of carbonyl (C=O) groups is 2. The topological polar surface area (TPSA) is 130 Å². The zero-order chi connectivity index (χ0) is 23.8. The van der Waals surface area contributed by atoms with Crippen molar-refractivity contribution >= 4 is 70.6 Å². The van der Waals surface area contributed by atoms with Gasteiger partial charge in [-0.25, -0.2) is 27.6 Å². The minimum absolute atomic E-state index is 0.171. The van der Waals surface area contributed by atoms with Gasteiger partial charge < -0.3 is 5.32 Å². The third-order valence-electron chi connectivity index (χ3n) is 4.33. The highest BCUT2D eigenvalue weighted by Gasteiger charge is 2.19. The molecule has 4 aromatic rings. The van der Waals surface area contributed by atoms with E-state index in [2.05, 4.69) is 25.9 Å². The Labute approximate surface area is 195 Å². The number of benzene rings is 2. The first-order valence-corrected chi connectivity index (χ1v) is 12.8. The number of hydrogen-bond acceptors (Lipinski definition) is 8. The molecule has 33 heavy (non-hydrogen) atoms. The second-order valence-corrected chi connectivity index (χ2v) is 10.9. The molecule has 3 amide bonds. The molecule has 0 aliphatic carbocycles. The van der Waals surface area contributed by atoms with E-state index in [9.17, 15) is 22.4 Å². The zero-order valence-electron chi connectivity index (χ0n) is 17.2. The van der Waals surface area contributed by atoms with Crippen molar-refractivity contribution in [1.82, 2.24) is 9.97 Å². The number of nitrogens with zero attached hydrogens (tertiary/aromatic N) is 2. The molecule has 2 aromatic carbocycles. The monoisotopic (exact) mass is 505 g/mol. The van der Waals surface area contributed by atoms with Gasteiger partial charge in [0.25, 0.3) is 5.91 Å². The molecule has 9 nitrogen and oxygen atoms in total. The summed E-state index contributed by atoms with van der Waals surface area (Å²) in [7, 11) is -3.36. The van der Waals surface area contributed by atoms with E-state index in [0.29, 0.717) is 26.7 Å². The maximum Gasteiger partial charge on any atom is 0.325 e. The molecule has 0 saturated carbocycles. The first kappa shape index (κ1) is 22.8. The lowest BCUT2D eigenvalue weighted by molar-refractivity contribution is 0.102. The van der Waals surface area contributed by atoms with Crippen LogP contribution in [0.5, 0.6) is 0 Å². The number of rotatable bonds is 5. The summed E-state index contributed by atoms with van der Waals surface area (Å²) in [5, 5.41) is 8.28. The van der Waals surface area contributed by atoms with Gasteiger partial charge in [0.1, 0.15) is 10.7 Å². The van der Waals surface area contributed by atoms with Crippen LogP contribution in [0.4, 0.5) is 25.1 Å². The Kier molecular flexibility index (Phi) is 6.10. The second kappa shape index (κ2) is 8.84. The molecular formula is C20H16FN5O4S3. The van der Waals surface area contributed by atoms with Crippen molar-refractivity contribution in [2.45, 2.75) is 11.8 Å². The number of sulfone groups is 1. The second-order valence-electron chi connectivity index (χ2n) is 6.89. The molecule has 0 unspecified atom stereocenters. The Morgan fingerprint density at radius 3 is 2.33 bits per heavy atom. The Bertz CT molecular complexity index is 1480. The first-order valence-electron chi connectivity index (χ1n) is 9.31. The van der Waals surface area contributed by atoms with Crippen LogP contribution in [-0.4, -0.2) is 36.6 Å². The normalized spacial score (nSPS) is 11.4. The van der Waals surface area contributed by atoms with E-state index >= 15 is 0 Å². The van der Waals surface area contributed by atoms with Crippen LogP contribution in [0.25, 0.3) is 10.2 Å².